The van der Waals surface area contributed by atoms with Crippen LogP contribution in [0.2, 0.25) is 0 Å². The van der Waals surface area contributed by atoms with E-state index in [1.165, 1.54) is 6.26 Å². The van der Waals surface area contributed by atoms with Gasteiger partial charge in [0.15, 0.2) is 0 Å². The summed E-state index contributed by atoms with van der Waals surface area (Å²) in [5.74, 6) is -0.602. The first kappa shape index (κ1) is 8.73. The van der Waals surface area contributed by atoms with Crippen molar-refractivity contribution in [3.05, 3.63) is 17.8 Å². The number of nitrogens with two attached hydrogens (primary N) is 1. The van der Waals surface area contributed by atoms with Crippen molar-refractivity contribution < 1.29 is 13.9 Å². The van der Waals surface area contributed by atoms with E-state index in [9.17, 15) is 4.79 Å². The number of rotatable bonds is 3. The Morgan fingerprint density at radius 1 is 1.83 bits per heavy atom. The van der Waals surface area contributed by atoms with Gasteiger partial charge in [-0.3, -0.25) is 0 Å². The van der Waals surface area contributed by atoms with Gasteiger partial charge in [-0.15, -0.1) is 0 Å². The Hall–Kier alpha value is -1.36. The Morgan fingerprint density at radius 2 is 2.58 bits per heavy atom. The SMILES string of the molecule is CCOC(=O)c1nc(CN)co1. The maximum atomic E-state index is 11.0. The van der Waals surface area contributed by atoms with Crippen LogP contribution in [0.1, 0.15) is 23.3 Å². The summed E-state index contributed by atoms with van der Waals surface area (Å²) >= 11 is 0. The maximum absolute atomic E-state index is 11.0. The molecule has 2 N–H and O–H groups in total. The minimum Gasteiger partial charge on any atom is -0.459 e. The summed E-state index contributed by atoms with van der Waals surface area (Å²) in [6.45, 7) is 2.27. The Labute approximate surface area is 69.5 Å². The zero-order valence-corrected chi connectivity index (χ0v) is 6.74. The fraction of sp³-hybridized carbons (Fsp3) is 0.429. The number of hydrogen-bond donors (Lipinski definition) is 1. The molecule has 0 aliphatic carbocycles. The van der Waals surface area contributed by atoms with Gasteiger partial charge in [-0.25, -0.2) is 9.78 Å². The minimum atomic E-state index is -0.558. The summed E-state index contributed by atoms with van der Waals surface area (Å²) in [5.41, 5.74) is 5.80. The Bertz CT molecular complexity index is 269. The van der Waals surface area contributed by atoms with E-state index in [1.54, 1.807) is 6.92 Å². The number of nitrogens with zero attached hydrogens (tertiary/aromatic N) is 1. The first-order valence-electron chi connectivity index (χ1n) is 3.59. The molecule has 5 nitrogen and oxygen atoms in total. The topological polar surface area (TPSA) is 78.3 Å². The zero-order valence-electron chi connectivity index (χ0n) is 6.74. The molecule has 5 heteroatoms. The van der Waals surface area contributed by atoms with E-state index in [-0.39, 0.29) is 12.4 Å². The quantitative estimate of drug-likeness (QED) is 0.660. The Balaban J connectivity index is 2.68. The number of carbonyl (C=O) groups is 1. The van der Waals surface area contributed by atoms with Gasteiger partial charge < -0.3 is 14.9 Å². The molecule has 66 valence electrons. The van der Waals surface area contributed by atoms with E-state index in [4.69, 9.17) is 10.2 Å². The molecule has 1 aromatic heterocycles. The van der Waals surface area contributed by atoms with Crippen LogP contribution in [0.4, 0.5) is 0 Å². The van der Waals surface area contributed by atoms with Crippen LogP contribution in [0.25, 0.3) is 0 Å². The molecule has 0 unspecified atom stereocenters. The second-order valence-corrected chi connectivity index (χ2v) is 2.07. The molecule has 0 spiro atoms. The highest BCUT2D eigenvalue weighted by atomic mass is 16.5. The van der Waals surface area contributed by atoms with Gasteiger partial charge in [-0.05, 0) is 6.92 Å². The third-order valence-electron chi connectivity index (χ3n) is 1.21. The van der Waals surface area contributed by atoms with Gasteiger partial charge in [0.1, 0.15) is 6.26 Å². The van der Waals surface area contributed by atoms with Gasteiger partial charge in [0.25, 0.3) is 0 Å². The van der Waals surface area contributed by atoms with Crippen molar-refractivity contribution in [1.29, 1.82) is 0 Å². The number of carbonyl (C=O) groups excluding carboxylic acids is 1. The molecule has 0 saturated heterocycles. The molecule has 0 aromatic carbocycles. The van der Waals surface area contributed by atoms with E-state index in [0.717, 1.165) is 0 Å². The number of ether oxygens (including phenoxy) is 1. The summed E-state index contributed by atoms with van der Waals surface area (Å²) < 4.78 is 9.45. The summed E-state index contributed by atoms with van der Waals surface area (Å²) in [7, 11) is 0. The highest BCUT2D eigenvalue weighted by Gasteiger charge is 2.12. The number of hydrogen-bond acceptors (Lipinski definition) is 5. The standard InChI is InChI=1S/C7H10N2O3/c1-2-11-7(10)6-9-5(3-8)4-12-6/h4H,2-3,8H2,1H3. The van der Waals surface area contributed by atoms with Crippen LogP contribution in [-0.4, -0.2) is 17.6 Å². The predicted octanol–water partition coefficient (Wildman–Crippen LogP) is 0.310. The molecular weight excluding hydrogens is 160 g/mol. The smallest absolute Gasteiger partial charge is 0.394 e. The summed E-state index contributed by atoms with van der Waals surface area (Å²) in [4.78, 5) is 14.7. The van der Waals surface area contributed by atoms with Crippen LogP contribution < -0.4 is 5.73 Å². The van der Waals surface area contributed by atoms with Crippen molar-refractivity contribution in [2.75, 3.05) is 6.61 Å². The highest BCUT2D eigenvalue weighted by Crippen LogP contribution is 2.02. The van der Waals surface area contributed by atoms with E-state index in [1.807, 2.05) is 0 Å². The lowest BCUT2D eigenvalue weighted by Crippen LogP contribution is -2.05. The van der Waals surface area contributed by atoms with Crippen molar-refractivity contribution in [1.82, 2.24) is 4.98 Å². The molecule has 12 heavy (non-hydrogen) atoms. The molecule has 1 heterocycles. The molecule has 0 aliphatic rings. The number of oxazole rings is 1. The van der Waals surface area contributed by atoms with Gasteiger partial charge in [-0.1, -0.05) is 0 Å². The number of aromatic nitrogens is 1. The molecule has 0 fully saturated rings. The van der Waals surface area contributed by atoms with Gasteiger partial charge in [0.05, 0.1) is 12.3 Å². The molecule has 0 saturated carbocycles. The average Bonchev–Trinajstić information content (AvgIpc) is 2.52. The van der Waals surface area contributed by atoms with Gasteiger partial charge in [0.2, 0.25) is 0 Å². The molecule has 1 rings (SSSR count). The molecular formula is C7H10N2O3. The maximum Gasteiger partial charge on any atom is 0.394 e. The van der Waals surface area contributed by atoms with Gasteiger partial charge in [0, 0.05) is 6.54 Å². The highest BCUT2D eigenvalue weighted by molar-refractivity contribution is 5.84. The molecule has 0 bridgehead atoms. The zero-order chi connectivity index (χ0) is 8.97. The summed E-state index contributed by atoms with van der Waals surface area (Å²) in [6, 6.07) is 0. The van der Waals surface area contributed by atoms with Crippen LogP contribution in [0.3, 0.4) is 0 Å². The Morgan fingerprint density at radius 3 is 3.08 bits per heavy atom. The fourth-order valence-electron chi connectivity index (χ4n) is 0.687. The first-order chi connectivity index (χ1) is 5.77. The van der Waals surface area contributed by atoms with E-state index in [0.29, 0.717) is 12.3 Å². The summed E-state index contributed by atoms with van der Waals surface area (Å²) in [5, 5.41) is 0. The first-order valence-corrected chi connectivity index (χ1v) is 3.59. The van der Waals surface area contributed by atoms with Crippen molar-refractivity contribution in [2.45, 2.75) is 13.5 Å². The van der Waals surface area contributed by atoms with Gasteiger partial charge in [-0.2, -0.15) is 0 Å². The normalized spacial score (nSPS) is 9.83. The molecule has 0 aliphatic heterocycles. The minimum absolute atomic E-state index is 0.0442. The monoisotopic (exact) mass is 170 g/mol. The van der Waals surface area contributed by atoms with Crippen LogP contribution in [0, 0.1) is 0 Å². The second kappa shape index (κ2) is 3.87. The molecule has 1 aromatic rings. The third-order valence-corrected chi connectivity index (χ3v) is 1.21. The predicted molar refractivity (Wildman–Crippen MR) is 40.4 cm³/mol. The lowest BCUT2D eigenvalue weighted by molar-refractivity contribution is 0.0481. The van der Waals surface area contributed by atoms with Crippen LogP contribution in [-0.2, 0) is 11.3 Å². The lowest BCUT2D eigenvalue weighted by Gasteiger charge is -1.94. The van der Waals surface area contributed by atoms with Gasteiger partial charge >= 0.3 is 11.9 Å². The fourth-order valence-corrected chi connectivity index (χ4v) is 0.687. The van der Waals surface area contributed by atoms with Crippen LogP contribution in [0.15, 0.2) is 10.7 Å². The largest absolute Gasteiger partial charge is 0.459 e. The van der Waals surface area contributed by atoms with E-state index in [2.05, 4.69) is 9.72 Å². The Kier molecular flexibility index (Phi) is 2.82. The average molecular weight is 170 g/mol. The van der Waals surface area contributed by atoms with Crippen molar-refractivity contribution in [2.24, 2.45) is 5.73 Å². The van der Waals surface area contributed by atoms with Crippen molar-refractivity contribution in [3.8, 4) is 0 Å². The molecule has 0 radical (unpaired) electrons. The van der Waals surface area contributed by atoms with Crippen LogP contribution in [0.5, 0.6) is 0 Å². The van der Waals surface area contributed by atoms with Crippen LogP contribution >= 0.6 is 0 Å². The third kappa shape index (κ3) is 1.82. The molecule has 0 amide bonds. The summed E-state index contributed by atoms with van der Waals surface area (Å²) in [6.07, 6.45) is 1.34. The second-order valence-electron chi connectivity index (χ2n) is 2.07. The van der Waals surface area contributed by atoms with Crippen molar-refractivity contribution >= 4 is 5.97 Å². The van der Waals surface area contributed by atoms with Crippen molar-refractivity contribution in [3.63, 3.8) is 0 Å². The lowest BCUT2D eigenvalue weighted by atomic mass is 10.5. The van der Waals surface area contributed by atoms with E-state index >= 15 is 0 Å². The number of esters is 1. The van der Waals surface area contributed by atoms with E-state index < -0.39 is 5.97 Å². The molecule has 0 atom stereocenters.